The standard InChI is InChI=1S/C16H20N2O3S/c1-11-13(17-15(21-11)12-6-8-22-10-12)9-18-7-4-3-5-14(18)16(19)20-2/h6,8,10,14H,3-5,7,9H2,1-2H3/t14-/m0/s1. The van der Waals surface area contributed by atoms with Gasteiger partial charge in [0.1, 0.15) is 11.8 Å². The third-order valence-corrected chi connectivity index (χ3v) is 4.78. The number of rotatable bonds is 4. The van der Waals surface area contributed by atoms with Crippen molar-refractivity contribution in [2.75, 3.05) is 13.7 Å². The lowest BCUT2D eigenvalue weighted by Crippen LogP contribution is -2.44. The second-order valence-corrected chi connectivity index (χ2v) is 6.32. The summed E-state index contributed by atoms with van der Waals surface area (Å²) in [5, 5.41) is 4.03. The van der Waals surface area contributed by atoms with Crippen molar-refractivity contribution >= 4 is 17.3 Å². The molecule has 1 aliphatic heterocycles. The summed E-state index contributed by atoms with van der Waals surface area (Å²) in [5.74, 6) is 1.31. The molecule has 1 aliphatic rings. The van der Waals surface area contributed by atoms with Crippen molar-refractivity contribution < 1.29 is 13.9 Å². The molecule has 1 saturated heterocycles. The third-order valence-electron chi connectivity index (χ3n) is 4.10. The van der Waals surface area contributed by atoms with Gasteiger partial charge in [-0.25, -0.2) is 4.98 Å². The molecule has 1 fully saturated rings. The van der Waals surface area contributed by atoms with Gasteiger partial charge in [0.15, 0.2) is 0 Å². The normalized spacial score (nSPS) is 19.3. The number of likely N-dealkylation sites (tertiary alicyclic amines) is 1. The summed E-state index contributed by atoms with van der Waals surface area (Å²) in [7, 11) is 1.45. The highest BCUT2D eigenvalue weighted by atomic mass is 32.1. The van der Waals surface area contributed by atoms with Crippen LogP contribution >= 0.6 is 11.3 Å². The molecular weight excluding hydrogens is 300 g/mol. The van der Waals surface area contributed by atoms with Gasteiger partial charge in [0.2, 0.25) is 5.89 Å². The van der Waals surface area contributed by atoms with E-state index in [9.17, 15) is 4.79 Å². The van der Waals surface area contributed by atoms with E-state index in [4.69, 9.17) is 9.15 Å². The highest BCUT2D eigenvalue weighted by Crippen LogP contribution is 2.26. The number of ether oxygens (including phenoxy) is 1. The molecule has 1 atom stereocenters. The molecule has 3 rings (SSSR count). The molecule has 6 heteroatoms. The van der Waals surface area contributed by atoms with Gasteiger partial charge in [0.25, 0.3) is 0 Å². The van der Waals surface area contributed by atoms with Crippen LogP contribution in [-0.4, -0.2) is 35.5 Å². The average Bonchev–Trinajstić information content (AvgIpc) is 3.17. The molecule has 0 amide bonds. The van der Waals surface area contributed by atoms with Crippen molar-refractivity contribution in [1.82, 2.24) is 9.88 Å². The number of piperidine rings is 1. The summed E-state index contributed by atoms with van der Waals surface area (Å²) in [6.07, 6.45) is 3.01. The molecular formula is C16H20N2O3S. The number of hydrogen-bond donors (Lipinski definition) is 0. The van der Waals surface area contributed by atoms with Crippen molar-refractivity contribution in [2.45, 2.75) is 38.8 Å². The number of esters is 1. The summed E-state index contributed by atoms with van der Waals surface area (Å²) < 4.78 is 10.7. The Morgan fingerprint density at radius 3 is 3.14 bits per heavy atom. The fourth-order valence-electron chi connectivity index (χ4n) is 2.86. The van der Waals surface area contributed by atoms with Crippen LogP contribution in [-0.2, 0) is 16.1 Å². The van der Waals surface area contributed by atoms with Crippen LogP contribution in [0.5, 0.6) is 0 Å². The van der Waals surface area contributed by atoms with Crippen LogP contribution in [0, 0.1) is 6.92 Å². The van der Waals surface area contributed by atoms with Crippen LogP contribution in [0.2, 0.25) is 0 Å². The van der Waals surface area contributed by atoms with E-state index in [0.29, 0.717) is 12.4 Å². The minimum absolute atomic E-state index is 0.154. The Morgan fingerprint density at radius 1 is 1.55 bits per heavy atom. The first kappa shape index (κ1) is 15.2. The van der Waals surface area contributed by atoms with Crippen LogP contribution < -0.4 is 0 Å². The molecule has 0 bridgehead atoms. The van der Waals surface area contributed by atoms with Crippen LogP contribution in [0.4, 0.5) is 0 Å². The number of aryl methyl sites for hydroxylation is 1. The molecule has 118 valence electrons. The summed E-state index contributed by atoms with van der Waals surface area (Å²) in [6.45, 7) is 3.44. The molecule has 5 nitrogen and oxygen atoms in total. The first-order valence-electron chi connectivity index (χ1n) is 7.50. The molecule has 0 radical (unpaired) electrons. The summed E-state index contributed by atoms with van der Waals surface area (Å²) in [6, 6.07) is 1.83. The molecule has 3 heterocycles. The van der Waals surface area contributed by atoms with Gasteiger partial charge < -0.3 is 9.15 Å². The Labute approximate surface area is 133 Å². The lowest BCUT2D eigenvalue weighted by Gasteiger charge is -2.33. The lowest BCUT2D eigenvalue weighted by molar-refractivity contribution is -0.148. The second-order valence-electron chi connectivity index (χ2n) is 5.54. The topological polar surface area (TPSA) is 55.6 Å². The Balaban J connectivity index is 1.78. The first-order chi connectivity index (χ1) is 10.7. The minimum atomic E-state index is -0.167. The van der Waals surface area contributed by atoms with E-state index in [0.717, 1.165) is 42.8 Å². The van der Waals surface area contributed by atoms with Gasteiger partial charge in [-0.3, -0.25) is 9.69 Å². The minimum Gasteiger partial charge on any atom is -0.468 e. The largest absolute Gasteiger partial charge is 0.468 e. The summed E-state index contributed by atoms with van der Waals surface area (Å²) >= 11 is 1.62. The van der Waals surface area contributed by atoms with Crippen LogP contribution in [0.1, 0.15) is 30.7 Å². The monoisotopic (exact) mass is 320 g/mol. The predicted molar refractivity (Wildman–Crippen MR) is 84.6 cm³/mol. The van der Waals surface area contributed by atoms with E-state index in [-0.39, 0.29) is 12.0 Å². The Kier molecular flexibility index (Phi) is 4.59. The van der Waals surface area contributed by atoms with E-state index in [1.54, 1.807) is 11.3 Å². The van der Waals surface area contributed by atoms with Gasteiger partial charge in [0, 0.05) is 17.5 Å². The van der Waals surface area contributed by atoms with Crippen LogP contribution in [0.15, 0.2) is 21.2 Å². The maximum atomic E-state index is 11.9. The predicted octanol–water partition coefficient (Wildman–Crippen LogP) is 3.24. The van der Waals surface area contributed by atoms with Gasteiger partial charge in [-0.2, -0.15) is 11.3 Å². The maximum Gasteiger partial charge on any atom is 0.323 e. The highest BCUT2D eigenvalue weighted by molar-refractivity contribution is 7.08. The van der Waals surface area contributed by atoms with Gasteiger partial charge in [-0.05, 0) is 37.8 Å². The average molecular weight is 320 g/mol. The molecule has 0 saturated carbocycles. The zero-order valence-corrected chi connectivity index (χ0v) is 13.7. The number of nitrogens with zero attached hydrogens (tertiary/aromatic N) is 2. The van der Waals surface area contributed by atoms with Gasteiger partial charge in [-0.1, -0.05) is 6.42 Å². The highest BCUT2D eigenvalue weighted by Gasteiger charge is 2.30. The molecule has 0 N–H and O–H groups in total. The van der Waals surface area contributed by atoms with Gasteiger partial charge >= 0.3 is 5.97 Å². The summed E-state index contributed by atoms with van der Waals surface area (Å²) in [4.78, 5) is 18.7. The fourth-order valence-corrected chi connectivity index (χ4v) is 3.49. The van der Waals surface area contributed by atoms with Crippen LogP contribution in [0.3, 0.4) is 0 Å². The van der Waals surface area contributed by atoms with Crippen molar-refractivity contribution in [3.8, 4) is 11.5 Å². The molecule has 22 heavy (non-hydrogen) atoms. The second kappa shape index (κ2) is 6.62. The Morgan fingerprint density at radius 2 is 2.41 bits per heavy atom. The van der Waals surface area contributed by atoms with E-state index < -0.39 is 0 Å². The van der Waals surface area contributed by atoms with E-state index >= 15 is 0 Å². The van der Waals surface area contributed by atoms with Crippen molar-refractivity contribution in [2.24, 2.45) is 0 Å². The molecule has 0 spiro atoms. The third kappa shape index (κ3) is 3.08. The number of hydrogen-bond acceptors (Lipinski definition) is 6. The Bertz CT molecular complexity index is 636. The number of aromatic nitrogens is 1. The zero-order valence-electron chi connectivity index (χ0n) is 12.9. The molecule has 0 aliphatic carbocycles. The maximum absolute atomic E-state index is 11.9. The van der Waals surface area contributed by atoms with Crippen molar-refractivity contribution in [1.29, 1.82) is 0 Å². The molecule has 0 aromatic carbocycles. The van der Waals surface area contributed by atoms with Gasteiger partial charge in [0.05, 0.1) is 12.8 Å². The zero-order chi connectivity index (χ0) is 15.5. The van der Waals surface area contributed by atoms with Gasteiger partial charge in [-0.15, -0.1) is 0 Å². The first-order valence-corrected chi connectivity index (χ1v) is 8.44. The number of methoxy groups -OCH3 is 1. The van der Waals surface area contributed by atoms with E-state index in [1.165, 1.54) is 7.11 Å². The molecule has 0 unspecified atom stereocenters. The lowest BCUT2D eigenvalue weighted by atomic mass is 10.0. The van der Waals surface area contributed by atoms with Crippen molar-refractivity contribution in [3.63, 3.8) is 0 Å². The molecule has 2 aromatic heterocycles. The Hall–Kier alpha value is -1.66. The quantitative estimate of drug-likeness (QED) is 0.810. The smallest absolute Gasteiger partial charge is 0.323 e. The van der Waals surface area contributed by atoms with Crippen molar-refractivity contribution in [3.05, 3.63) is 28.3 Å². The molecule has 2 aromatic rings. The number of thiophene rings is 1. The summed E-state index contributed by atoms with van der Waals surface area (Å²) in [5.41, 5.74) is 1.90. The fraction of sp³-hybridized carbons (Fsp3) is 0.500. The number of carbonyl (C=O) groups excluding carboxylic acids is 1. The van der Waals surface area contributed by atoms with E-state index in [1.807, 2.05) is 23.8 Å². The number of carbonyl (C=O) groups is 1. The van der Waals surface area contributed by atoms with E-state index in [2.05, 4.69) is 9.88 Å². The van der Waals surface area contributed by atoms with Crippen LogP contribution in [0.25, 0.3) is 11.5 Å². The number of oxazole rings is 1. The SMILES string of the molecule is COC(=O)[C@@H]1CCCCN1Cc1nc(-c2ccsc2)oc1C.